The monoisotopic (exact) mass is 851 g/mol. The van der Waals surface area contributed by atoms with Gasteiger partial charge in [0, 0.05) is 10.8 Å². The van der Waals surface area contributed by atoms with Crippen molar-refractivity contribution in [3.8, 4) is 44.5 Å². The SMILES string of the molecule is Bc1c(B)c(-c2c3c(B)c(B)c(B)c(B)c3c(-c3ccc(-c4ccccc4)c4ccccc34)c3c(B)c(B)c(B)c(B)c23)c(B)c(B)c1-c1c(B)c(B)c2oc3c(B)c(B)c(B)c(B)c3c2c1B. The third-order valence-corrected chi connectivity index (χ3v) is 18.1. The molecule has 0 aliphatic rings. The Kier molecular flexibility index (Phi) is 11.3. The van der Waals surface area contributed by atoms with E-state index in [4.69, 9.17) is 4.42 Å². The second kappa shape index (κ2) is 16.5. The normalized spacial score (nSPS) is 11.8. The topological polar surface area (TPSA) is 13.1 Å². The van der Waals surface area contributed by atoms with Crippen LogP contribution >= 0.6 is 0 Å². The summed E-state index contributed by atoms with van der Waals surface area (Å²) in [6.45, 7) is 0. The summed E-state index contributed by atoms with van der Waals surface area (Å²) in [6, 6.07) is 24.8. The van der Waals surface area contributed by atoms with Gasteiger partial charge in [-0.15, -0.1) is 27.3 Å². The van der Waals surface area contributed by atoms with Crippen LogP contribution in [0.1, 0.15) is 0 Å². The number of furan rings is 1. The first-order valence-electron chi connectivity index (χ1n) is 24.8. The fraction of sp³-hybridized carbons (Fsp3) is 0. The first-order valence-corrected chi connectivity index (χ1v) is 24.8. The molecule has 68 heavy (non-hydrogen) atoms. The van der Waals surface area contributed by atoms with Crippen LogP contribution < -0.4 is 104 Å². The Balaban J connectivity index is 1.39. The molecule has 0 bridgehead atoms. The molecule has 9 aromatic carbocycles. The van der Waals surface area contributed by atoms with Crippen LogP contribution in [0.5, 0.6) is 0 Å². The van der Waals surface area contributed by atoms with Crippen molar-refractivity contribution >= 4 is 307 Å². The second-order valence-electron chi connectivity index (χ2n) is 20.8. The molecule has 0 unspecified atom stereocenters. The molecule has 0 spiro atoms. The van der Waals surface area contributed by atoms with Crippen molar-refractivity contribution in [2.24, 2.45) is 0 Å². The van der Waals surface area contributed by atoms with Crippen LogP contribution in [0.3, 0.4) is 0 Å². The van der Waals surface area contributed by atoms with Crippen molar-refractivity contribution < 1.29 is 4.42 Å². The summed E-state index contributed by atoms with van der Waals surface area (Å²) in [5, 5.41) is 10.7. The van der Waals surface area contributed by atoms with Crippen LogP contribution in [-0.2, 0) is 0 Å². The third kappa shape index (κ3) is 6.23. The van der Waals surface area contributed by atoms with E-state index in [-0.39, 0.29) is 0 Å². The lowest BCUT2D eigenvalue weighted by molar-refractivity contribution is 0.675. The third-order valence-electron chi connectivity index (χ3n) is 18.1. The fourth-order valence-electron chi connectivity index (χ4n) is 12.8. The van der Waals surface area contributed by atoms with E-state index in [1.807, 2.05) is 0 Å². The van der Waals surface area contributed by atoms with Gasteiger partial charge in [-0.05, 0) is 76.8 Å². The van der Waals surface area contributed by atoms with E-state index in [1.54, 1.807) is 0 Å². The highest BCUT2D eigenvalue weighted by molar-refractivity contribution is 6.74. The van der Waals surface area contributed by atoms with E-state index >= 15 is 0 Å². The van der Waals surface area contributed by atoms with Crippen molar-refractivity contribution in [2.75, 3.05) is 0 Å². The molecule has 0 amide bonds. The van der Waals surface area contributed by atoms with E-state index < -0.39 is 0 Å². The first kappa shape index (κ1) is 46.5. The summed E-state index contributed by atoms with van der Waals surface area (Å²) in [5.74, 6) is 0. The van der Waals surface area contributed by atoms with Gasteiger partial charge in [-0.2, -0.15) is 0 Å². The van der Waals surface area contributed by atoms with Gasteiger partial charge < -0.3 is 4.42 Å². The average molecular weight is 847 g/mol. The van der Waals surface area contributed by atoms with Gasteiger partial charge in [-0.1, -0.05) is 143 Å². The Bertz CT molecular complexity index is 3850. The highest BCUT2D eigenvalue weighted by atomic mass is 16.3. The lowest BCUT2D eigenvalue weighted by Gasteiger charge is -2.31. The molecule has 0 aliphatic heterocycles. The van der Waals surface area contributed by atoms with E-state index in [9.17, 15) is 0 Å². The Labute approximate surface area is 420 Å². The quantitative estimate of drug-likeness (QED) is 0.127. The summed E-state index contributed by atoms with van der Waals surface area (Å²) in [4.78, 5) is 0. The molecule has 0 atom stereocenters. The summed E-state index contributed by atoms with van der Waals surface area (Å²) in [7, 11) is 44.6. The van der Waals surface area contributed by atoms with Crippen molar-refractivity contribution in [1.29, 1.82) is 0 Å². The standard InChI is InChI=1S/C48H49B19O/c49-28-24(37(58)45(66)47-26(28)27-38(59)43(64)44(65)46(67)48(27)68-47)25-35(56)33(54)23(34(55)36(25)57)18-21-19(29(50)39(60)41(62)31(21)52)17(20-22(18)32(53)42(63)40(61)30(20)51)16-11-10-13(12-6-2-1-3-7-12)14-8-4-5-9-15(14)16/h1-11H,49-67H2. The van der Waals surface area contributed by atoms with Gasteiger partial charge in [0.05, 0.1) is 0 Å². The van der Waals surface area contributed by atoms with Crippen molar-refractivity contribution in [2.45, 2.75) is 0 Å². The minimum atomic E-state index is 1.03. The van der Waals surface area contributed by atoms with Gasteiger partial charge in [0.1, 0.15) is 160 Å². The summed E-state index contributed by atoms with van der Waals surface area (Å²) >= 11 is 0. The lowest BCUT2D eigenvalue weighted by Crippen LogP contribution is -2.51. The van der Waals surface area contributed by atoms with Crippen molar-refractivity contribution in [3.05, 3.63) is 66.7 Å². The van der Waals surface area contributed by atoms with E-state index in [0.717, 1.165) is 11.2 Å². The molecule has 1 nitrogen and oxygen atoms in total. The Morgan fingerprint density at radius 3 is 1.00 bits per heavy atom. The number of fused-ring (bicyclic) bond motifs is 6. The minimum Gasteiger partial charge on any atom is -0.457 e. The van der Waals surface area contributed by atoms with Gasteiger partial charge in [0.25, 0.3) is 0 Å². The predicted molar refractivity (Wildman–Crippen MR) is 363 cm³/mol. The van der Waals surface area contributed by atoms with Gasteiger partial charge in [-0.3, -0.25) is 0 Å². The van der Waals surface area contributed by atoms with Crippen LogP contribution in [0.15, 0.2) is 71.1 Å². The van der Waals surface area contributed by atoms with Crippen LogP contribution in [0.25, 0.3) is 98.8 Å². The molecule has 0 saturated heterocycles. The summed E-state index contributed by atoms with van der Waals surface area (Å²) in [5.41, 5.74) is 38.2. The van der Waals surface area contributed by atoms with E-state index in [2.05, 4.69) is 216 Å². The van der Waals surface area contributed by atoms with E-state index in [0.29, 0.717) is 0 Å². The maximum Gasteiger partial charge on any atom is 0.143 e. The molecule has 10 rings (SSSR count). The number of hydrogen-bond acceptors (Lipinski definition) is 1. The van der Waals surface area contributed by atoms with Crippen molar-refractivity contribution in [1.82, 2.24) is 0 Å². The number of rotatable bonds is 4. The zero-order valence-corrected chi connectivity index (χ0v) is 44.3. The Morgan fingerprint density at radius 2 is 0.529 bits per heavy atom. The highest BCUT2D eigenvalue weighted by Crippen LogP contribution is 2.44. The van der Waals surface area contributed by atoms with Gasteiger partial charge in [0.15, 0.2) is 0 Å². The molecule has 0 aliphatic carbocycles. The molecule has 1 aromatic heterocycles. The molecular formula is C48H49B19O. The molecule has 0 N–H and O–H groups in total. The lowest BCUT2D eigenvalue weighted by atomic mass is 9.56. The maximum absolute atomic E-state index is 6.92. The number of benzene rings is 9. The molecule has 20 heteroatoms. The largest absolute Gasteiger partial charge is 0.457 e. The maximum atomic E-state index is 6.92. The van der Waals surface area contributed by atoms with Crippen LogP contribution in [0, 0.1) is 0 Å². The number of hydrogen-bond donors (Lipinski definition) is 0. The second-order valence-corrected chi connectivity index (χ2v) is 20.8. The highest BCUT2D eigenvalue weighted by Gasteiger charge is 2.30. The average Bonchev–Trinajstić information content (AvgIpc) is 3.75. The zero-order valence-electron chi connectivity index (χ0n) is 44.3. The fourth-order valence-corrected chi connectivity index (χ4v) is 12.8. The predicted octanol–water partition coefficient (Wildman–Crippen LogP) is -19.4. The van der Waals surface area contributed by atoms with Crippen LogP contribution in [-0.4, -0.2) is 149 Å². The molecule has 0 radical (unpaired) electrons. The van der Waals surface area contributed by atoms with Gasteiger partial charge >= 0.3 is 0 Å². The Hall–Kier alpha value is -5.21. The zero-order chi connectivity index (χ0) is 48.8. The van der Waals surface area contributed by atoms with Crippen LogP contribution in [0.2, 0.25) is 0 Å². The molecule has 0 fully saturated rings. The van der Waals surface area contributed by atoms with Crippen molar-refractivity contribution in [3.63, 3.8) is 0 Å². The molecule has 304 valence electrons. The summed E-state index contributed by atoms with van der Waals surface area (Å²) in [6.07, 6.45) is 0. The smallest absolute Gasteiger partial charge is 0.143 e. The molecule has 0 saturated carbocycles. The summed E-state index contributed by atoms with van der Waals surface area (Å²) < 4.78 is 6.92. The van der Waals surface area contributed by atoms with Crippen LogP contribution in [0.4, 0.5) is 0 Å². The molecular weight excluding hydrogens is 798 g/mol. The van der Waals surface area contributed by atoms with Gasteiger partial charge in [-0.25, -0.2) is 0 Å². The van der Waals surface area contributed by atoms with E-state index in [1.165, 1.54) is 191 Å². The molecule has 10 aromatic rings. The Morgan fingerprint density at radius 1 is 0.221 bits per heavy atom. The van der Waals surface area contributed by atoms with Gasteiger partial charge in [0.2, 0.25) is 0 Å². The first-order chi connectivity index (χ1) is 32.2. The molecule has 1 heterocycles. The minimum absolute atomic E-state index is 1.03.